The van der Waals surface area contributed by atoms with Crippen LogP contribution in [0.25, 0.3) is 31.6 Å². The molecule has 1 aromatic carbocycles. The van der Waals surface area contributed by atoms with Crippen LogP contribution in [-0.2, 0) is 0 Å². The summed E-state index contributed by atoms with van der Waals surface area (Å²) >= 11 is 1.52. The molecule has 3 heterocycles. The predicted molar refractivity (Wildman–Crippen MR) is 85.6 cm³/mol. The number of H-pyrrole nitrogens is 1. The molecule has 0 fully saturated rings. The summed E-state index contributed by atoms with van der Waals surface area (Å²) in [6, 6.07) is 4.79. The van der Waals surface area contributed by atoms with Crippen molar-refractivity contribution in [3.05, 3.63) is 36.5 Å². The van der Waals surface area contributed by atoms with Crippen LogP contribution in [0.2, 0.25) is 0 Å². The van der Waals surface area contributed by atoms with E-state index < -0.39 is 0 Å². The first kappa shape index (κ1) is 13.0. The Labute approximate surface area is 128 Å². The fourth-order valence-corrected chi connectivity index (χ4v) is 3.71. The molecule has 0 radical (unpaired) electrons. The first-order valence-electron chi connectivity index (χ1n) is 6.52. The normalized spacial score (nSPS) is 11.4. The Bertz CT molecular complexity index is 1010. The smallest absolute Gasteiger partial charge is 0.143 e. The van der Waals surface area contributed by atoms with Crippen molar-refractivity contribution in [2.45, 2.75) is 0 Å². The van der Waals surface area contributed by atoms with Crippen molar-refractivity contribution < 1.29 is 9.13 Å². The Morgan fingerprint density at radius 3 is 2.95 bits per heavy atom. The zero-order chi connectivity index (χ0) is 15.3. The number of nitrogens with zero attached hydrogens (tertiary/aromatic N) is 2. The summed E-state index contributed by atoms with van der Waals surface area (Å²) in [5.41, 5.74) is 7.54. The first-order valence-corrected chi connectivity index (χ1v) is 7.34. The number of halogens is 1. The highest BCUT2D eigenvalue weighted by Crippen LogP contribution is 2.41. The molecule has 0 saturated carbocycles. The SMILES string of the molecule is COc1cc(F)cc2cc(-c3c[nH]c4ncnc(N)c34)sc12. The van der Waals surface area contributed by atoms with Gasteiger partial charge in [0, 0.05) is 22.7 Å². The van der Waals surface area contributed by atoms with Crippen LogP contribution < -0.4 is 10.5 Å². The van der Waals surface area contributed by atoms with Crippen LogP contribution in [-0.4, -0.2) is 22.1 Å². The van der Waals surface area contributed by atoms with Crippen LogP contribution in [0.3, 0.4) is 0 Å². The summed E-state index contributed by atoms with van der Waals surface area (Å²) < 4.78 is 19.8. The van der Waals surface area contributed by atoms with E-state index in [0.29, 0.717) is 17.2 Å². The lowest BCUT2D eigenvalue weighted by molar-refractivity contribution is 0.417. The number of hydrogen-bond acceptors (Lipinski definition) is 5. The average Bonchev–Trinajstić information content (AvgIpc) is 3.10. The maximum absolute atomic E-state index is 13.6. The molecule has 0 unspecified atom stereocenters. The van der Waals surface area contributed by atoms with Gasteiger partial charge in [0.25, 0.3) is 0 Å². The van der Waals surface area contributed by atoms with Gasteiger partial charge >= 0.3 is 0 Å². The number of rotatable bonds is 2. The Morgan fingerprint density at radius 1 is 1.27 bits per heavy atom. The highest BCUT2D eigenvalue weighted by molar-refractivity contribution is 7.22. The van der Waals surface area contributed by atoms with Gasteiger partial charge in [0.2, 0.25) is 0 Å². The minimum Gasteiger partial charge on any atom is -0.495 e. The number of fused-ring (bicyclic) bond motifs is 2. The maximum Gasteiger partial charge on any atom is 0.143 e. The minimum absolute atomic E-state index is 0.324. The zero-order valence-electron chi connectivity index (χ0n) is 11.6. The monoisotopic (exact) mass is 314 g/mol. The molecule has 7 heteroatoms. The van der Waals surface area contributed by atoms with Crippen molar-refractivity contribution in [3.8, 4) is 16.2 Å². The number of anilines is 1. The number of thiophene rings is 1. The highest BCUT2D eigenvalue weighted by Gasteiger charge is 2.15. The molecule has 110 valence electrons. The van der Waals surface area contributed by atoms with Gasteiger partial charge < -0.3 is 15.5 Å². The molecule has 3 aromatic heterocycles. The number of methoxy groups -OCH3 is 1. The number of nitrogens with two attached hydrogens (primary N) is 1. The summed E-state index contributed by atoms with van der Waals surface area (Å²) in [7, 11) is 1.53. The molecule has 0 aliphatic rings. The van der Waals surface area contributed by atoms with Gasteiger partial charge in [-0.1, -0.05) is 0 Å². The van der Waals surface area contributed by atoms with E-state index in [1.54, 1.807) is 0 Å². The Morgan fingerprint density at radius 2 is 2.14 bits per heavy atom. The number of hydrogen-bond donors (Lipinski definition) is 2. The third-order valence-electron chi connectivity index (χ3n) is 3.53. The molecule has 0 spiro atoms. The van der Waals surface area contributed by atoms with Gasteiger partial charge in [-0.05, 0) is 17.5 Å². The molecule has 4 rings (SSSR count). The van der Waals surface area contributed by atoms with E-state index in [9.17, 15) is 4.39 Å². The summed E-state index contributed by atoms with van der Waals surface area (Å²) in [5, 5.41) is 1.56. The molecule has 5 nitrogen and oxygen atoms in total. The maximum atomic E-state index is 13.6. The van der Waals surface area contributed by atoms with E-state index in [-0.39, 0.29) is 5.82 Å². The van der Waals surface area contributed by atoms with E-state index >= 15 is 0 Å². The van der Waals surface area contributed by atoms with Crippen molar-refractivity contribution in [3.63, 3.8) is 0 Å². The molecular formula is C15H11FN4OS. The third kappa shape index (κ3) is 1.82. The van der Waals surface area contributed by atoms with Crippen molar-refractivity contribution in [2.24, 2.45) is 0 Å². The molecule has 3 N–H and O–H groups in total. The lowest BCUT2D eigenvalue weighted by Crippen LogP contribution is -1.91. The summed E-state index contributed by atoms with van der Waals surface area (Å²) in [6.45, 7) is 0. The fourth-order valence-electron chi connectivity index (χ4n) is 2.55. The summed E-state index contributed by atoms with van der Waals surface area (Å²) in [4.78, 5) is 12.2. The van der Waals surface area contributed by atoms with E-state index in [2.05, 4.69) is 15.0 Å². The van der Waals surface area contributed by atoms with Crippen LogP contribution in [0, 0.1) is 5.82 Å². The molecular weight excluding hydrogens is 303 g/mol. The molecule has 4 aromatic rings. The van der Waals surface area contributed by atoms with Crippen molar-refractivity contribution in [1.29, 1.82) is 0 Å². The van der Waals surface area contributed by atoms with Gasteiger partial charge in [0.15, 0.2) is 0 Å². The molecule has 0 atom stereocenters. The first-order chi connectivity index (χ1) is 10.7. The van der Waals surface area contributed by atoms with Crippen molar-refractivity contribution in [2.75, 3.05) is 12.8 Å². The Hall–Kier alpha value is -2.67. The second-order valence-corrected chi connectivity index (χ2v) is 5.87. The minimum atomic E-state index is -0.324. The van der Waals surface area contributed by atoms with E-state index in [1.165, 1.54) is 36.9 Å². The van der Waals surface area contributed by atoms with E-state index in [4.69, 9.17) is 10.5 Å². The van der Waals surface area contributed by atoms with Gasteiger partial charge in [-0.3, -0.25) is 0 Å². The molecule has 0 amide bonds. The standard InChI is InChI=1S/C15H11FN4OS/c1-21-10-4-8(16)2-7-3-11(22-13(7)10)9-5-18-15-12(9)14(17)19-6-20-15/h2-6H,1H3,(H3,17,18,19,20). The van der Waals surface area contributed by atoms with Crippen LogP contribution >= 0.6 is 11.3 Å². The Balaban J connectivity index is 2.01. The van der Waals surface area contributed by atoms with Gasteiger partial charge in [-0.25, -0.2) is 14.4 Å². The zero-order valence-corrected chi connectivity index (χ0v) is 12.4. The number of aromatic amines is 1. The van der Waals surface area contributed by atoms with E-state index in [1.807, 2.05) is 12.3 Å². The molecule has 22 heavy (non-hydrogen) atoms. The molecule has 0 bridgehead atoms. The summed E-state index contributed by atoms with van der Waals surface area (Å²) in [6.07, 6.45) is 3.25. The second-order valence-electron chi connectivity index (χ2n) is 4.82. The quantitative estimate of drug-likeness (QED) is 0.593. The second kappa shape index (κ2) is 4.67. The summed E-state index contributed by atoms with van der Waals surface area (Å²) in [5.74, 6) is 0.614. The largest absolute Gasteiger partial charge is 0.495 e. The fraction of sp³-hybridized carbons (Fsp3) is 0.0667. The molecule has 0 aliphatic carbocycles. The van der Waals surface area contributed by atoms with Crippen molar-refractivity contribution >= 4 is 38.3 Å². The van der Waals surface area contributed by atoms with Crippen LogP contribution in [0.5, 0.6) is 5.75 Å². The number of ether oxygens (including phenoxy) is 1. The lowest BCUT2D eigenvalue weighted by atomic mass is 10.1. The third-order valence-corrected chi connectivity index (χ3v) is 4.73. The Kier molecular flexibility index (Phi) is 2.77. The van der Waals surface area contributed by atoms with Gasteiger partial charge in [0.05, 0.1) is 17.2 Å². The van der Waals surface area contributed by atoms with Gasteiger partial charge in [0.1, 0.15) is 29.4 Å². The number of nitrogen functional groups attached to an aromatic ring is 1. The lowest BCUT2D eigenvalue weighted by Gasteiger charge is -2.00. The molecule has 0 saturated heterocycles. The number of benzene rings is 1. The van der Waals surface area contributed by atoms with Crippen molar-refractivity contribution in [1.82, 2.24) is 15.0 Å². The highest BCUT2D eigenvalue weighted by atomic mass is 32.1. The predicted octanol–water partition coefficient (Wildman–Crippen LogP) is 3.57. The van der Waals surface area contributed by atoms with Gasteiger partial charge in [-0.2, -0.15) is 0 Å². The topological polar surface area (TPSA) is 76.8 Å². The van der Waals surface area contributed by atoms with Crippen LogP contribution in [0.15, 0.2) is 30.7 Å². The van der Waals surface area contributed by atoms with E-state index in [0.717, 1.165) is 25.9 Å². The molecule has 0 aliphatic heterocycles. The number of aromatic nitrogens is 3. The average molecular weight is 314 g/mol. The van der Waals surface area contributed by atoms with Crippen LogP contribution in [0.1, 0.15) is 0 Å². The number of nitrogens with one attached hydrogen (secondary N) is 1. The van der Waals surface area contributed by atoms with Gasteiger partial charge in [-0.15, -0.1) is 11.3 Å². The van der Waals surface area contributed by atoms with Crippen LogP contribution in [0.4, 0.5) is 10.2 Å².